The van der Waals surface area contributed by atoms with Crippen LogP contribution in [0.2, 0.25) is 5.02 Å². The Bertz CT molecular complexity index is 393. The first-order valence-electron chi connectivity index (χ1n) is 6.80. The number of rotatable bonds is 8. The van der Waals surface area contributed by atoms with Crippen LogP contribution < -0.4 is 5.32 Å². The largest absolute Gasteiger partial charge is 0.309 e. The minimum atomic E-state index is -2.41. The molecule has 1 N–H and O–H groups in total. The molecule has 0 spiro atoms. The number of halogens is 3. The van der Waals surface area contributed by atoms with Crippen molar-refractivity contribution in [3.8, 4) is 0 Å². The number of hydrogen-bond acceptors (Lipinski definition) is 2. The number of hydrogen-bond donors (Lipinski definition) is 1. The molecule has 0 aliphatic heterocycles. The molecule has 0 bridgehead atoms. The van der Waals surface area contributed by atoms with Gasteiger partial charge < -0.3 is 5.32 Å². The number of nitrogens with zero attached hydrogens (tertiary/aromatic N) is 2. The van der Waals surface area contributed by atoms with E-state index in [1.165, 1.54) is 0 Å². The monoisotopic (exact) mass is 293 g/mol. The van der Waals surface area contributed by atoms with Gasteiger partial charge in [-0.3, -0.25) is 4.68 Å². The second kappa shape index (κ2) is 7.80. The predicted molar refractivity (Wildman–Crippen MR) is 74.1 cm³/mol. The van der Waals surface area contributed by atoms with Crippen molar-refractivity contribution in [3.63, 3.8) is 0 Å². The molecule has 0 saturated carbocycles. The van der Waals surface area contributed by atoms with Gasteiger partial charge in [0.2, 0.25) is 0 Å². The highest BCUT2D eigenvalue weighted by Gasteiger charge is 2.24. The maximum atomic E-state index is 13.0. The summed E-state index contributed by atoms with van der Waals surface area (Å²) in [6.07, 6.45) is -0.671. The fourth-order valence-electron chi connectivity index (χ4n) is 2.00. The van der Waals surface area contributed by atoms with Crippen LogP contribution in [-0.4, -0.2) is 28.8 Å². The first kappa shape index (κ1) is 16.4. The molecular formula is C13H22ClF2N3. The van der Waals surface area contributed by atoms with Crippen LogP contribution >= 0.6 is 11.6 Å². The van der Waals surface area contributed by atoms with Crippen molar-refractivity contribution in [3.05, 3.63) is 16.4 Å². The molecule has 1 atom stereocenters. The molecule has 0 aromatic carbocycles. The lowest BCUT2D eigenvalue weighted by atomic mass is 10.1. The van der Waals surface area contributed by atoms with Gasteiger partial charge in [0.05, 0.1) is 22.5 Å². The third-order valence-electron chi connectivity index (χ3n) is 3.07. The maximum absolute atomic E-state index is 13.0. The van der Waals surface area contributed by atoms with Crippen LogP contribution in [0.4, 0.5) is 8.78 Å². The quantitative estimate of drug-likeness (QED) is 0.797. The van der Waals surface area contributed by atoms with E-state index in [0.717, 1.165) is 12.1 Å². The van der Waals surface area contributed by atoms with Crippen LogP contribution in [-0.2, 0) is 19.4 Å². The van der Waals surface area contributed by atoms with Crippen molar-refractivity contribution < 1.29 is 8.78 Å². The van der Waals surface area contributed by atoms with Gasteiger partial charge in [-0.15, -0.1) is 0 Å². The molecule has 19 heavy (non-hydrogen) atoms. The van der Waals surface area contributed by atoms with Crippen LogP contribution in [0.5, 0.6) is 0 Å². The van der Waals surface area contributed by atoms with Crippen LogP contribution in [0.15, 0.2) is 0 Å². The Morgan fingerprint density at radius 2 is 2.00 bits per heavy atom. The van der Waals surface area contributed by atoms with Crippen LogP contribution in [0.25, 0.3) is 0 Å². The van der Waals surface area contributed by atoms with Gasteiger partial charge in [-0.2, -0.15) is 5.10 Å². The molecule has 1 aromatic heterocycles. The normalized spacial score (nSPS) is 13.2. The van der Waals surface area contributed by atoms with E-state index in [9.17, 15) is 8.78 Å². The molecule has 1 aromatic rings. The zero-order chi connectivity index (χ0) is 14.4. The molecule has 6 heteroatoms. The molecule has 0 aliphatic carbocycles. The highest BCUT2D eigenvalue weighted by molar-refractivity contribution is 6.31. The van der Waals surface area contributed by atoms with E-state index in [0.29, 0.717) is 30.2 Å². The molecule has 3 nitrogen and oxygen atoms in total. The lowest BCUT2D eigenvalue weighted by Gasteiger charge is -2.18. The summed E-state index contributed by atoms with van der Waals surface area (Å²) in [6, 6.07) is -0.871. The fourth-order valence-corrected chi connectivity index (χ4v) is 2.35. The summed E-state index contributed by atoms with van der Waals surface area (Å²) >= 11 is 6.24. The van der Waals surface area contributed by atoms with E-state index in [1.54, 1.807) is 4.68 Å². The number of alkyl halides is 2. The van der Waals surface area contributed by atoms with E-state index < -0.39 is 12.5 Å². The molecule has 0 amide bonds. The number of aromatic nitrogens is 2. The lowest BCUT2D eigenvalue weighted by molar-refractivity contribution is 0.0973. The molecule has 0 saturated heterocycles. The second-order valence-electron chi connectivity index (χ2n) is 4.48. The zero-order valence-electron chi connectivity index (χ0n) is 11.7. The van der Waals surface area contributed by atoms with E-state index in [2.05, 4.69) is 10.4 Å². The van der Waals surface area contributed by atoms with E-state index in [1.807, 2.05) is 20.8 Å². The van der Waals surface area contributed by atoms with Gasteiger partial charge in [0, 0.05) is 13.0 Å². The van der Waals surface area contributed by atoms with Gasteiger partial charge in [-0.25, -0.2) is 8.78 Å². The predicted octanol–water partition coefficient (Wildman–Crippen LogP) is 3.29. The Morgan fingerprint density at radius 1 is 1.32 bits per heavy atom. The Morgan fingerprint density at radius 3 is 2.47 bits per heavy atom. The van der Waals surface area contributed by atoms with Gasteiger partial charge in [-0.05, 0) is 26.3 Å². The van der Waals surface area contributed by atoms with Gasteiger partial charge in [-0.1, -0.05) is 25.4 Å². The smallest absolute Gasteiger partial charge is 0.254 e. The summed E-state index contributed by atoms with van der Waals surface area (Å²) in [4.78, 5) is 0. The average Bonchev–Trinajstić information content (AvgIpc) is 2.70. The van der Waals surface area contributed by atoms with Crippen molar-refractivity contribution >= 4 is 11.6 Å². The summed E-state index contributed by atoms with van der Waals surface area (Å²) in [5.74, 6) is 0. The molecule has 0 radical (unpaired) electrons. The summed E-state index contributed by atoms with van der Waals surface area (Å²) in [5, 5.41) is 7.76. The van der Waals surface area contributed by atoms with E-state index in [4.69, 9.17) is 11.6 Å². The Balaban J connectivity index is 2.91. The van der Waals surface area contributed by atoms with Crippen LogP contribution in [0.1, 0.15) is 38.6 Å². The minimum absolute atomic E-state index is 0.206. The van der Waals surface area contributed by atoms with Gasteiger partial charge >= 0.3 is 0 Å². The van der Waals surface area contributed by atoms with Crippen molar-refractivity contribution in [2.45, 2.75) is 59.0 Å². The molecule has 1 rings (SSSR count). The summed E-state index contributed by atoms with van der Waals surface area (Å²) in [6.45, 7) is 7.06. The highest BCUT2D eigenvalue weighted by Crippen LogP contribution is 2.24. The van der Waals surface area contributed by atoms with Crippen molar-refractivity contribution in [2.24, 2.45) is 0 Å². The first-order valence-corrected chi connectivity index (χ1v) is 7.18. The number of nitrogens with one attached hydrogen (secondary N) is 1. The Hall–Kier alpha value is -0.680. The van der Waals surface area contributed by atoms with E-state index in [-0.39, 0.29) is 6.42 Å². The van der Waals surface area contributed by atoms with E-state index >= 15 is 0 Å². The van der Waals surface area contributed by atoms with Crippen molar-refractivity contribution in [2.75, 3.05) is 6.54 Å². The maximum Gasteiger partial charge on any atom is 0.254 e. The topological polar surface area (TPSA) is 29.9 Å². The third-order valence-corrected chi connectivity index (χ3v) is 3.50. The van der Waals surface area contributed by atoms with Crippen LogP contribution in [0, 0.1) is 0 Å². The first-order chi connectivity index (χ1) is 9.04. The minimum Gasteiger partial charge on any atom is -0.309 e. The Labute approximate surface area is 118 Å². The summed E-state index contributed by atoms with van der Waals surface area (Å²) in [7, 11) is 0. The number of aryl methyl sites for hydroxylation is 2. The fraction of sp³-hybridized carbons (Fsp3) is 0.769. The second-order valence-corrected chi connectivity index (χ2v) is 4.85. The molecule has 1 unspecified atom stereocenters. The lowest BCUT2D eigenvalue weighted by Crippen LogP contribution is -2.38. The van der Waals surface area contributed by atoms with Crippen LogP contribution in [0.3, 0.4) is 0 Å². The third kappa shape index (κ3) is 4.14. The zero-order valence-corrected chi connectivity index (χ0v) is 12.5. The summed E-state index contributed by atoms with van der Waals surface area (Å²) in [5.41, 5.74) is 1.48. The highest BCUT2D eigenvalue weighted by atomic mass is 35.5. The standard InChI is InChI=1S/C13H22ClF2N3/c1-4-7-17-10(13(15)16)8-11-12(14)9(5-2)18-19(11)6-3/h10,13,17H,4-8H2,1-3H3. The van der Waals surface area contributed by atoms with Gasteiger partial charge in [0.1, 0.15) is 0 Å². The molecular weight excluding hydrogens is 272 g/mol. The van der Waals surface area contributed by atoms with Crippen molar-refractivity contribution in [1.82, 2.24) is 15.1 Å². The average molecular weight is 294 g/mol. The molecule has 0 fully saturated rings. The summed E-state index contributed by atoms with van der Waals surface area (Å²) < 4.78 is 27.8. The van der Waals surface area contributed by atoms with Gasteiger partial charge in [0.25, 0.3) is 6.43 Å². The Kier molecular flexibility index (Phi) is 6.72. The van der Waals surface area contributed by atoms with Crippen molar-refractivity contribution in [1.29, 1.82) is 0 Å². The van der Waals surface area contributed by atoms with Gasteiger partial charge in [0.15, 0.2) is 0 Å². The molecule has 1 heterocycles. The SMILES string of the molecule is CCCNC(Cc1c(Cl)c(CC)nn1CC)C(F)F. The molecule has 110 valence electrons. The molecule has 0 aliphatic rings.